The second-order valence-corrected chi connectivity index (χ2v) is 11.2. The van der Waals surface area contributed by atoms with Crippen LogP contribution in [0.15, 0.2) is 109 Å². The van der Waals surface area contributed by atoms with Crippen LogP contribution in [0.4, 0.5) is 0 Å². The summed E-state index contributed by atoms with van der Waals surface area (Å²) in [7, 11) is 1.85. The molecule has 0 fully saturated rings. The zero-order valence-electron chi connectivity index (χ0n) is 25.1. The maximum absolute atomic E-state index is 14.5. The van der Waals surface area contributed by atoms with Crippen LogP contribution in [0.25, 0.3) is 11.8 Å². The van der Waals surface area contributed by atoms with Crippen LogP contribution in [0.1, 0.15) is 33.6 Å². The molecule has 0 N–H and O–H groups in total. The first-order chi connectivity index (χ1) is 21.4. The number of hydrogen-bond donors (Lipinski definition) is 0. The number of aryl methyl sites for hydroxylation is 2. The van der Waals surface area contributed by atoms with Gasteiger partial charge < -0.3 is 9.80 Å². The van der Waals surface area contributed by atoms with Gasteiger partial charge in [0.25, 0.3) is 0 Å². The molecule has 6 rings (SSSR count). The molecule has 222 valence electrons. The Labute approximate surface area is 257 Å². The SMILES string of the molecule is Cc1cc(C=CC(=O)N(Cc2ccc(-n3cccn3)cc2)[C@@H](Cc2ccccc2)C(=O)N2CCc3ccccc3C2)n(C)n1. The van der Waals surface area contributed by atoms with E-state index in [-0.39, 0.29) is 18.4 Å². The molecule has 3 heterocycles. The smallest absolute Gasteiger partial charge is 0.247 e. The Morgan fingerprint density at radius 1 is 0.932 bits per heavy atom. The van der Waals surface area contributed by atoms with Crippen molar-refractivity contribution in [3.05, 3.63) is 143 Å². The van der Waals surface area contributed by atoms with Gasteiger partial charge in [0.15, 0.2) is 0 Å². The molecule has 0 saturated carbocycles. The quantitative estimate of drug-likeness (QED) is 0.225. The van der Waals surface area contributed by atoms with Gasteiger partial charge in [-0.2, -0.15) is 10.2 Å². The van der Waals surface area contributed by atoms with Crippen LogP contribution in [0, 0.1) is 6.92 Å². The third kappa shape index (κ3) is 6.54. The van der Waals surface area contributed by atoms with Crippen LogP contribution in [0.2, 0.25) is 0 Å². The summed E-state index contributed by atoms with van der Waals surface area (Å²) >= 11 is 0. The van der Waals surface area contributed by atoms with Crippen LogP contribution in [0.5, 0.6) is 0 Å². The average molecular weight is 585 g/mol. The van der Waals surface area contributed by atoms with E-state index in [2.05, 4.69) is 22.3 Å². The minimum Gasteiger partial charge on any atom is -0.336 e. The van der Waals surface area contributed by atoms with E-state index in [4.69, 9.17) is 0 Å². The Hall–Kier alpha value is -5.24. The summed E-state index contributed by atoms with van der Waals surface area (Å²) in [5, 5.41) is 8.72. The highest BCUT2D eigenvalue weighted by molar-refractivity contribution is 5.95. The minimum atomic E-state index is -0.695. The zero-order chi connectivity index (χ0) is 30.5. The number of nitrogens with zero attached hydrogens (tertiary/aromatic N) is 6. The van der Waals surface area contributed by atoms with E-state index in [9.17, 15) is 9.59 Å². The predicted molar refractivity (Wildman–Crippen MR) is 171 cm³/mol. The fourth-order valence-corrected chi connectivity index (χ4v) is 5.82. The van der Waals surface area contributed by atoms with Crippen LogP contribution < -0.4 is 0 Å². The fraction of sp³-hybridized carbons (Fsp3) is 0.222. The van der Waals surface area contributed by atoms with Crippen LogP contribution >= 0.6 is 0 Å². The van der Waals surface area contributed by atoms with Gasteiger partial charge in [-0.25, -0.2) is 4.68 Å². The molecule has 8 heteroatoms. The van der Waals surface area contributed by atoms with Crippen molar-refractivity contribution in [3.8, 4) is 5.69 Å². The number of fused-ring (bicyclic) bond motifs is 1. The number of benzene rings is 3. The Morgan fingerprint density at radius 3 is 2.39 bits per heavy atom. The number of carbonyl (C=O) groups is 2. The molecule has 0 bridgehead atoms. The maximum Gasteiger partial charge on any atom is 0.247 e. The molecule has 5 aromatic rings. The molecule has 44 heavy (non-hydrogen) atoms. The van der Waals surface area contributed by atoms with Crippen molar-refractivity contribution >= 4 is 17.9 Å². The van der Waals surface area contributed by atoms with Gasteiger partial charge in [-0.1, -0.05) is 66.7 Å². The first-order valence-corrected chi connectivity index (χ1v) is 14.9. The molecule has 1 aliphatic heterocycles. The van der Waals surface area contributed by atoms with Crippen molar-refractivity contribution in [1.29, 1.82) is 0 Å². The summed E-state index contributed by atoms with van der Waals surface area (Å²) < 4.78 is 3.54. The van der Waals surface area contributed by atoms with Gasteiger partial charge in [-0.15, -0.1) is 0 Å². The van der Waals surface area contributed by atoms with Crippen molar-refractivity contribution in [2.75, 3.05) is 6.54 Å². The summed E-state index contributed by atoms with van der Waals surface area (Å²) in [5.74, 6) is -0.277. The highest BCUT2D eigenvalue weighted by Crippen LogP contribution is 2.23. The van der Waals surface area contributed by atoms with Crippen molar-refractivity contribution in [3.63, 3.8) is 0 Å². The van der Waals surface area contributed by atoms with Crippen LogP contribution in [-0.4, -0.2) is 53.8 Å². The molecule has 1 aliphatic rings. The van der Waals surface area contributed by atoms with Gasteiger partial charge in [-0.05, 0) is 65.9 Å². The van der Waals surface area contributed by atoms with Gasteiger partial charge in [0.2, 0.25) is 11.8 Å². The highest BCUT2D eigenvalue weighted by Gasteiger charge is 2.34. The van der Waals surface area contributed by atoms with E-state index < -0.39 is 6.04 Å². The first kappa shape index (κ1) is 28.9. The average Bonchev–Trinajstić information content (AvgIpc) is 3.71. The topological polar surface area (TPSA) is 76.3 Å². The van der Waals surface area contributed by atoms with Gasteiger partial charge in [0, 0.05) is 51.6 Å². The third-order valence-corrected chi connectivity index (χ3v) is 8.15. The van der Waals surface area contributed by atoms with Crippen molar-refractivity contribution in [2.24, 2.45) is 7.05 Å². The van der Waals surface area contributed by atoms with Gasteiger partial charge in [-0.3, -0.25) is 14.3 Å². The highest BCUT2D eigenvalue weighted by atomic mass is 16.2. The second kappa shape index (κ2) is 13.0. The lowest BCUT2D eigenvalue weighted by Crippen LogP contribution is -2.52. The molecule has 8 nitrogen and oxygen atoms in total. The monoisotopic (exact) mass is 584 g/mol. The van der Waals surface area contributed by atoms with Crippen molar-refractivity contribution < 1.29 is 9.59 Å². The van der Waals surface area contributed by atoms with Gasteiger partial charge in [0.1, 0.15) is 6.04 Å². The summed E-state index contributed by atoms with van der Waals surface area (Å²) in [6.07, 6.45) is 8.17. The normalized spacial score (nSPS) is 13.5. The lowest BCUT2D eigenvalue weighted by atomic mass is 9.97. The lowest BCUT2D eigenvalue weighted by Gasteiger charge is -2.37. The second-order valence-electron chi connectivity index (χ2n) is 11.2. The molecule has 0 aliphatic carbocycles. The fourth-order valence-electron chi connectivity index (χ4n) is 5.82. The summed E-state index contributed by atoms with van der Waals surface area (Å²) in [4.78, 5) is 32.2. The Balaban J connectivity index is 1.35. The molecule has 2 aromatic heterocycles. The first-order valence-electron chi connectivity index (χ1n) is 14.9. The largest absolute Gasteiger partial charge is 0.336 e. The van der Waals surface area contributed by atoms with E-state index in [0.29, 0.717) is 19.5 Å². The van der Waals surface area contributed by atoms with Crippen LogP contribution in [0.3, 0.4) is 0 Å². The maximum atomic E-state index is 14.5. The third-order valence-electron chi connectivity index (χ3n) is 8.15. The molecule has 2 amide bonds. The van der Waals surface area contributed by atoms with Gasteiger partial charge in [0.05, 0.1) is 17.1 Å². The predicted octanol–water partition coefficient (Wildman–Crippen LogP) is 5.15. The summed E-state index contributed by atoms with van der Waals surface area (Å²) in [6, 6.07) is 29.3. The Morgan fingerprint density at radius 2 is 1.68 bits per heavy atom. The molecular formula is C36H36N6O2. The Bertz CT molecular complexity index is 1760. The van der Waals surface area contributed by atoms with Crippen LogP contribution in [-0.2, 0) is 42.6 Å². The molecule has 0 saturated heterocycles. The molecule has 0 radical (unpaired) electrons. The number of carbonyl (C=O) groups excluding carboxylic acids is 2. The van der Waals surface area contributed by atoms with E-state index in [1.54, 1.807) is 32.6 Å². The van der Waals surface area contributed by atoms with E-state index in [0.717, 1.165) is 40.2 Å². The van der Waals surface area contributed by atoms with Crippen molar-refractivity contribution in [2.45, 2.75) is 38.9 Å². The molecule has 1 atom stereocenters. The lowest BCUT2D eigenvalue weighted by molar-refractivity contribution is -0.144. The minimum absolute atomic E-state index is 0.0466. The summed E-state index contributed by atoms with van der Waals surface area (Å²) in [5.41, 5.74) is 6.97. The number of rotatable bonds is 9. The molecule has 3 aromatic carbocycles. The van der Waals surface area contributed by atoms with Crippen molar-refractivity contribution in [1.82, 2.24) is 29.4 Å². The number of hydrogen-bond acceptors (Lipinski definition) is 4. The van der Waals surface area contributed by atoms with Gasteiger partial charge >= 0.3 is 0 Å². The molecule has 0 spiro atoms. The molecule has 0 unspecified atom stereocenters. The Kier molecular flexibility index (Phi) is 8.50. The van der Waals surface area contributed by atoms with E-state index in [1.165, 1.54) is 5.56 Å². The standard InChI is InChI=1S/C36H36N6O2/c1-27-23-33(39(2)38-27)17-18-35(43)41(25-29-13-15-32(16-14-29)42-21-8-20-37-42)34(24-28-9-4-3-5-10-28)36(44)40-22-19-30-11-6-7-12-31(30)26-40/h3-18,20-21,23,34H,19,22,24-26H2,1-2H3/t34-/m0/s1. The summed E-state index contributed by atoms with van der Waals surface area (Å²) in [6.45, 7) is 3.35. The van der Waals surface area contributed by atoms with E-state index >= 15 is 0 Å². The zero-order valence-corrected chi connectivity index (χ0v) is 25.1. The number of aromatic nitrogens is 4. The number of amides is 2. The molecular weight excluding hydrogens is 548 g/mol. The van der Waals surface area contributed by atoms with E-state index in [1.807, 2.05) is 104 Å².